The molecule has 0 aliphatic carbocycles. The number of hydrogen-bond acceptors (Lipinski definition) is 3. The molecule has 0 aromatic heterocycles. The first-order valence-corrected chi connectivity index (χ1v) is 7.39. The third kappa shape index (κ3) is 1.35. The van der Waals surface area contributed by atoms with Gasteiger partial charge in [-0.25, -0.2) is 0 Å². The van der Waals surface area contributed by atoms with Crippen molar-refractivity contribution < 1.29 is 5.11 Å². The Morgan fingerprint density at radius 1 is 0.773 bits per heavy atom. The summed E-state index contributed by atoms with van der Waals surface area (Å²) in [6, 6.07) is 11.9. The second-order valence-electron chi connectivity index (χ2n) is 5.70. The van der Waals surface area contributed by atoms with Crippen LogP contribution in [0.25, 0.3) is 12.2 Å². The summed E-state index contributed by atoms with van der Waals surface area (Å²) in [6.45, 7) is 0. The normalized spacial score (nSPS) is 17.3. The number of anilines is 2. The maximum Gasteiger partial charge on any atom is 0.139 e. The summed E-state index contributed by atoms with van der Waals surface area (Å²) in [5.74, 6) is 0.328. The highest BCUT2D eigenvalue weighted by molar-refractivity contribution is 5.86. The summed E-state index contributed by atoms with van der Waals surface area (Å²) < 4.78 is 0. The number of nitrogens with zero attached hydrogens (tertiary/aromatic N) is 2. The summed E-state index contributed by atoms with van der Waals surface area (Å²) in [5, 5.41) is 12.8. The molecule has 2 aromatic carbocycles. The number of allylic oxidation sites excluding steroid dienone is 2. The molecule has 0 atom stereocenters. The molecule has 3 heteroatoms. The highest BCUT2D eigenvalue weighted by atomic mass is 16.3. The van der Waals surface area contributed by atoms with Crippen LogP contribution in [0.2, 0.25) is 0 Å². The predicted octanol–water partition coefficient (Wildman–Crippen LogP) is 2.33. The van der Waals surface area contributed by atoms with Gasteiger partial charge in [-0.3, -0.25) is 0 Å². The average Bonchev–Trinajstić information content (AvgIpc) is 2.90. The molecule has 3 aliphatic heterocycles. The fraction of sp³-hybridized carbons (Fsp3) is 0.0526. The van der Waals surface area contributed by atoms with E-state index < -0.39 is 0 Å². The number of aromatic hydroxyl groups is 1. The van der Waals surface area contributed by atoms with Gasteiger partial charge in [-0.2, -0.15) is 0 Å². The van der Waals surface area contributed by atoms with Crippen LogP contribution in [0.5, 0.6) is 5.75 Å². The first kappa shape index (κ1) is 11.7. The van der Waals surface area contributed by atoms with Crippen LogP contribution in [0.3, 0.4) is 0 Å². The highest BCUT2D eigenvalue weighted by Gasteiger charge is 2.38. The Kier molecular flexibility index (Phi) is 2.15. The van der Waals surface area contributed by atoms with Gasteiger partial charge in [0.05, 0.1) is 11.4 Å². The molecule has 0 saturated carbocycles. The molecule has 0 amide bonds. The van der Waals surface area contributed by atoms with Crippen molar-refractivity contribution in [1.29, 1.82) is 0 Å². The lowest BCUT2D eigenvalue weighted by atomic mass is 10.1. The number of para-hydroxylation sites is 1. The van der Waals surface area contributed by atoms with Gasteiger partial charge in [0.1, 0.15) is 11.9 Å². The molecule has 106 valence electrons. The van der Waals surface area contributed by atoms with Crippen LogP contribution < -0.4 is 20.2 Å². The summed E-state index contributed by atoms with van der Waals surface area (Å²) in [4.78, 5) is 4.49. The van der Waals surface area contributed by atoms with Crippen molar-refractivity contribution in [2.75, 3.05) is 9.80 Å². The Balaban J connectivity index is 1.84. The van der Waals surface area contributed by atoms with Crippen molar-refractivity contribution in [3.8, 4) is 5.75 Å². The first-order valence-electron chi connectivity index (χ1n) is 7.39. The van der Waals surface area contributed by atoms with Crippen molar-refractivity contribution in [2.24, 2.45) is 0 Å². The summed E-state index contributed by atoms with van der Waals surface area (Å²) >= 11 is 0. The Morgan fingerprint density at radius 3 is 1.95 bits per heavy atom. The minimum Gasteiger partial charge on any atom is -0.508 e. The van der Waals surface area contributed by atoms with Crippen LogP contribution in [0.1, 0.15) is 11.7 Å². The van der Waals surface area contributed by atoms with E-state index in [2.05, 4.69) is 58.6 Å². The van der Waals surface area contributed by atoms with E-state index in [9.17, 15) is 5.11 Å². The monoisotopic (exact) mass is 286 g/mol. The van der Waals surface area contributed by atoms with Crippen LogP contribution in [0.4, 0.5) is 11.4 Å². The molecule has 2 aromatic rings. The smallest absolute Gasteiger partial charge is 0.139 e. The molecule has 3 nitrogen and oxygen atoms in total. The third-order valence-electron chi connectivity index (χ3n) is 4.52. The Labute approximate surface area is 128 Å². The molecule has 0 saturated heterocycles. The molecule has 0 radical (unpaired) electrons. The first-order chi connectivity index (χ1) is 10.8. The van der Waals surface area contributed by atoms with Gasteiger partial charge in [-0.15, -0.1) is 0 Å². The van der Waals surface area contributed by atoms with Gasteiger partial charge in [0.2, 0.25) is 0 Å². The van der Waals surface area contributed by atoms with Crippen LogP contribution in [0.15, 0.2) is 61.0 Å². The van der Waals surface area contributed by atoms with E-state index in [0.717, 1.165) is 5.56 Å². The van der Waals surface area contributed by atoms with Gasteiger partial charge in [-0.05, 0) is 18.2 Å². The van der Waals surface area contributed by atoms with E-state index in [0.29, 0.717) is 5.75 Å². The van der Waals surface area contributed by atoms with Crippen molar-refractivity contribution in [1.82, 2.24) is 0 Å². The largest absolute Gasteiger partial charge is 0.508 e. The lowest BCUT2D eigenvalue weighted by Gasteiger charge is -2.30. The van der Waals surface area contributed by atoms with Crippen molar-refractivity contribution >= 4 is 23.5 Å². The fourth-order valence-corrected chi connectivity index (χ4v) is 3.60. The van der Waals surface area contributed by atoms with Crippen molar-refractivity contribution in [2.45, 2.75) is 6.17 Å². The maximum atomic E-state index is 10.3. The molecule has 22 heavy (non-hydrogen) atoms. The van der Waals surface area contributed by atoms with Crippen molar-refractivity contribution in [3.05, 3.63) is 77.0 Å². The van der Waals surface area contributed by atoms with Crippen LogP contribution >= 0.6 is 0 Å². The zero-order chi connectivity index (χ0) is 14.7. The summed E-state index contributed by atoms with van der Waals surface area (Å²) in [6.07, 6.45) is 12.5. The van der Waals surface area contributed by atoms with Gasteiger partial charge >= 0.3 is 0 Å². The third-order valence-corrected chi connectivity index (χ3v) is 4.52. The van der Waals surface area contributed by atoms with E-state index in [4.69, 9.17) is 0 Å². The van der Waals surface area contributed by atoms with E-state index in [1.165, 1.54) is 21.8 Å². The minimum absolute atomic E-state index is 0.0500. The Morgan fingerprint density at radius 2 is 1.36 bits per heavy atom. The van der Waals surface area contributed by atoms with Crippen LogP contribution in [-0.4, -0.2) is 5.11 Å². The standard InChI is InChI=1S/C19H14N2O/c22-16-8-2-1-7-15(16)19-20-11-3-5-13-9-10-14-6-4-12-21(19)18(14)17(13)20/h1-12,19,22H. The number of phenolic OH excluding ortho intramolecular Hbond substituents is 1. The molecular formula is C19H14N2O. The Bertz CT molecular complexity index is 914. The van der Waals surface area contributed by atoms with E-state index >= 15 is 0 Å². The van der Waals surface area contributed by atoms with E-state index in [1.807, 2.05) is 18.2 Å². The van der Waals surface area contributed by atoms with E-state index in [-0.39, 0.29) is 6.17 Å². The number of benzene rings is 2. The van der Waals surface area contributed by atoms with Gasteiger partial charge in [0.25, 0.3) is 0 Å². The van der Waals surface area contributed by atoms with Gasteiger partial charge in [-0.1, -0.05) is 42.5 Å². The summed E-state index contributed by atoms with van der Waals surface area (Å²) in [5.41, 5.74) is 3.34. The quantitative estimate of drug-likeness (QED) is 0.871. The summed E-state index contributed by atoms with van der Waals surface area (Å²) in [7, 11) is 0. The lowest BCUT2D eigenvalue weighted by Crippen LogP contribution is -2.32. The second-order valence-corrected chi connectivity index (χ2v) is 5.70. The molecule has 5 rings (SSSR count). The highest BCUT2D eigenvalue weighted by Crippen LogP contribution is 2.46. The molecule has 0 spiro atoms. The Hall–Kier alpha value is -2.94. The molecule has 3 heterocycles. The van der Waals surface area contributed by atoms with Gasteiger partial charge in [0.15, 0.2) is 0 Å². The average molecular weight is 286 g/mol. The molecular weight excluding hydrogens is 272 g/mol. The van der Waals surface area contributed by atoms with Gasteiger partial charge in [0, 0.05) is 28.4 Å². The molecule has 0 unspecified atom stereocenters. The zero-order valence-electron chi connectivity index (χ0n) is 11.8. The van der Waals surface area contributed by atoms with Crippen molar-refractivity contribution in [3.63, 3.8) is 0 Å². The minimum atomic E-state index is -0.0500. The van der Waals surface area contributed by atoms with Crippen LogP contribution in [-0.2, 0) is 0 Å². The van der Waals surface area contributed by atoms with Gasteiger partial charge < -0.3 is 14.9 Å². The zero-order valence-corrected chi connectivity index (χ0v) is 11.8. The molecule has 0 fully saturated rings. The predicted molar refractivity (Wildman–Crippen MR) is 88.7 cm³/mol. The molecule has 0 bridgehead atoms. The topological polar surface area (TPSA) is 26.7 Å². The molecule has 1 N–H and O–H groups in total. The number of hydrogen-bond donors (Lipinski definition) is 1. The second kappa shape index (κ2) is 4.04. The maximum absolute atomic E-state index is 10.3. The SMILES string of the molecule is Oc1ccccc1C1N2C=CC=c3ccc4c(c32)N1C=CC=4. The van der Waals surface area contributed by atoms with Crippen LogP contribution in [0, 0.1) is 0 Å². The van der Waals surface area contributed by atoms with E-state index in [1.54, 1.807) is 6.07 Å². The lowest BCUT2D eigenvalue weighted by molar-refractivity contribution is 0.462. The fourth-order valence-electron chi connectivity index (χ4n) is 3.60. The number of phenols is 1. The molecule has 3 aliphatic rings. The number of rotatable bonds is 1.